The third-order valence-electron chi connectivity index (χ3n) is 4.20. The average molecular weight is 262 g/mol. The van der Waals surface area contributed by atoms with Gasteiger partial charge in [0, 0.05) is 24.7 Å². The first-order chi connectivity index (χ1) is 9.28. The zero-order chi connectivity index (χ0) is 13.7. The molecule has 1 aromatic carbocycles. The third kappa shape index (κ3) is 3.48. The van der Waals surface area contributed by atoms with Crippen LogP contribution in [0.1, 0.15) is 43.7 Å². The summed E-state index contributed by atoms with van der Waals surface area (Å²) in [6.45, 7) is 4.94. The number of benzene rings is 1. The van der Waals surface area contributed by atoms with Crippen LogP contribution in [0.5, 0.6) is 5.75 Å². The average Bonchev–Trinajstić information content (AvgIpc) is 2.98. The molecule has 0 heterocycles. The SMILES string of the molecule is CCN(Cc1ccc(OC)c(CN)c1)C1CCCC1. The van der Waals surface area contributed by atoms with Gasteiger partial charge in [-0.15, -0.1) is 0 Å². The van der Waals surface area contributed by atoms with Gasteiger partial charge < -0.3 is 10.5 Å². The van der Waals surface area contributed by atoms with Crippen molar-refractivity contribution in [3.63, 3.8) is 0 Å². The highest BCUT2D eigenvalue weighted by molar-refractivity contribution is 5.37. The van der Waals surface area contributed by atoms with E-state index >= 15 is 0 Å². The molecule has 1 fully saturated rings. The number of rotatable bonds is 6. The van der Waals surface area contributed by atoms with Crippen LogP contribution < -0.4 is 10.5 Å². The highest BCUT2D eigenvalue weighted by atomic mass is 16.5. The van der Waals surface area contributed by atoms with E-state index in [1.54, 1.807) is 7.11 Å². The topological polar surface area (TPSA) is 38.5 Å². The molecule has 0 bridgehead atoms. The maximum absolute atomic E-state index is 5.79. The summed E-state index contributed by atoms with van der Waals surface area (Å²) in [5, 5.41) is 0. The number of hydrogen-bond acceptors (Lipinski definition) is 3. The second-order valence-corrected chi connectivity index (χ2v) is 5.35. The highest BCUT2D eigenvalue weighted by Crippen LogP contribution is 2.26. The Labute approximate surface area is 116 Å². The predicted molar refractivity (Wildman–Crippen MR) is 79.2 cm³/mol. The molecule has 0 aromatic heterocycles. The largest absolute Gasteiger partial charge is 0.496 e. The Kier molecular flexibility index (Phi) is 5.23. The molecule has 0 spiro atoms. The second kappa shape index (κ2) is 6.92. The maximum Gasteiger partial charge on any atom is 0.123 e. The van der Waals surface area contributed by atoms with Gasteiger partial charge in [-0.25, -0.2) is 0 Å². The first-order valence-electron chi connectivity index (χ1n) is 7.38. The second-order valence-electron chi connectivity index (χ2n) is 5.35. The van der Waals surface area contributed by atoms with E-state index in [-0.39, 0.29) is 0 Å². The molecule has 106 valence electrons. The van der Waals surface area contributed by atoms with Crippen molar-refractivity contribution in [2.45, 2.75) is 51.7 Å². The van der Waals surface area contributed by atoms with Crippen LogP contribution in [0.15, 0.2) is 18.2 Å². The molecule has 19 heavy (non-hydrogen) atoms. The zero-order valence-electron chi connectivity index (χ0n) is 12.2. The molecule has 1 aromatic rings. The van der Waals surface area contributed by atoms with Crippen LogP contribution in [0, 0.1) is 0 Å². The Hall–Kier alpha value is -1.06. The molecule has 3 heteroatoms. The lowest BCUT2D eigenvalue weighted by molar-refractivity contribution is 0.200. The summed E-state index contributed by atoms with van der Waals surface area (Å²) in [6.07, 6.45) is 5.48. The van der Waals surface area contributed by atoms with Gasteiger partial charge in [-0.05, 0) is 37.1 Å². The number of nitrogens with two attached hydrogens (primary N) is 1. The van der Waals surface area contributed by atoms with Crippen LogP contribution in [0.4, 0.5) is 0 Å². The minimum Gasteiger partial charge on any atom is -0.496 e. The molecule has 0 saturated heterocycles. The minimum absolute atomic E-state index is 0.534. The lowest BCUT2D eigenvalue weighted by Gasteiger charge is -2.27. The van der Waals surface area contributed by atoms with Crippen LogP contribution in [-0.4, -0.2) is 24.6 Å². The number of ether oxygens (including phenoxy) is 1. The van der Waals surface area contributed by atoms with E-state index in [4.69, 9.17) is 10.5 Å². The summed E-state index contributed by atoms with van der Waals surface area (Å²) in [7, 11) is 1.70. The van der Waals surface area contributed by atoms with E-state index in [1.165, 1.54) is 31.2 Å². The third-order valence-corrected chi connectivity index (χ3v) is 4.20. The lowest BCUT2D eigenvalue weighted by Crippen LogP contribution is -2.32. The van der Waals surface area contributed by atoms with Gasteiger partial charge in [-0.2, -0.15) is 0 Å². The molecule has 3 nitrogen and oxygen atoms in total. The van der Waals surface area contributed by atoms with E-state index in [9.17, 15) is 0 Å². The normalized spacial score (nSPS) is 16.2. The van der Waals surface area contributed by atoms with Gasteiger partial charge >= 0.3 is 0 Å². The van der Waals surface area contributed by atoms with Crippen LogP contribution in [0.3, 0.4) is 0 Å². The fraction of sp³-hybridized carbons (Fsp3) is 0.625. The Morgan fingerprint density at radius 1 is 1.32 bits per heavy atom. The van der Waals surface area contributed by atoms with Crippen molar-refractivity contribution in [2.24, 2.45) is 5.73 Å². The number of methoxy groups -OCH3 is 1. The standard InChI is InChI=1S/C16H26N2O/c1-3-18(15-6-4-5-7-15)12-13-8-9-16(19-2)14(10-13)11-17/h8-10,15H,3-7,11-12,17H2,1-2H3. The molecule has 0 atom stereocenters. The van der Waals surface area contributed by atoms with Crippen LogP contribution >= 0.6 is 0 Å². The van der Waals surface area contributed by atoms with E-state index in [2.05, 4.69) is 24.0 Å². The van der Waals surface area contributed by atoms with Crippen molar-refractivity contribution < 1.29 is 4.74 Å². The minimum atomic E-state index is 0.534. The molecular formula is C16H26N2O. The molecule has 0 aliphatic heterocycles. The molecule has 1 saturated carbocycles. The van der Waals surface area contributed by atoms with Crippen LogP contribution in [0.25, 0.3) is 0 Å². The molecule has 2 rings (SSSR count). The van der Waals surface area contributed by atoms with Crippen molar-refractivity contribution in [3.05, 3.63) is 29.3 Å². The molecule has 0 radical (unpaired) electrons. The quantitative estimate of drug-likeness (QED) is 0.856. The Bertz CT molecular complexity index is 400. The maximum atomic E-state index is 5.79. The van der Waals surface area contributed by atoms with E-state index in [0.717, 1.165) is 30.4 Å². The molecule has 0 amide bonds. The van der Waals surface area contributed by atoms with Gasteiger partial charge in [0.05, 0.1) is 7.11 Å². The smallest absolute Gasteiger partial charge is 0.123 e. The summed E-state index contributed by atoms with van der Waals surface area (Å²) < 4.78 is 5.33. The molecule has 2 N–H and O–H groups in total. The van der Waals surface area contributed by atoms with Crippen molar-refractivity contribution in [1.82, 2.24) is 4.90 Å². The summed E-state index contributed by atoms with van der Waals surface area (Å²) in [4.78, 5) is 2.59. The lowest BCUT2D eigenvalue weighted by atomic mass is 10.1. The predicted octanol–water partition coefficient (Wildman–Crippen LogP) is 2.92. The van der Waals surface area contributed by atoms with E-state index in [0.29, 0.717) is 6.54 Å². The van der Waals surface area contributed by atoms with Gasteiger partial charge in [-0.3, -0.25) is 4.90 Å². The monoisotopic (exact) mass is 262 g/mol. The van der Waals surface area contributed by atoms with Gasteiger partial charge in [0.15, 0.2) is 0 Å². The van der Waals surface area contributed by atoms with Gasteiger partial charge in [0.25, 0.3) is 0 Å². The Morgan fingerprint density at radius 2 is 2.05 bits per heavy atom. The zero-order valence-corrected chi connectivity index (χ0v) is 12.2. The highest BCUT2D eigenvalue weighted by Gasteiger charge is 2.21. The number of nitrogens with zero attached hydrogens (tertiary/aromatic N) is 1. The summed E-state index contributed by atoms with van der Waals surface area (Å²) in [5.41, 5.74) is 8.23. The summed E-state index contributed by atoms with van der Waals surface area (Å²) in [5.74, 6) is 0.898. The van der Waals surface area contributed by atoms with Crippen molar-refractivity contribution in [1.29, 1.82) is 0 Å². The fourth-order valence-corrected chi connectivity index (χ4v) is 3.09. The van der Waals surface area contributed by atoms with E-state index < -0.39 is 0 Å². The van der Waals surface area contributed by atoms with Crippen LogP contribution in [0.2, 0.25) is 0 Å². The molecule has 0 unspecified atom stereocenters. The van der Waals surface area contributed by atoms with Gasteiger partial charge in [0.1, 0.15) is 5.75 Å². The van der Waals surface area contributed by atoms with Gasteiger partial charge in [0.2, 0.25) is 0 Å². The van der Waals surface area contributed by atoms with Crippen molar-refractivity contribution >= 4 is 0 Å². The van der Waals surface area contributed by atoms with Crippen LogP contribution in [-0.2, 0) is 13.1 Å². The van der Waals surface area contributed by atoms with Crippen molar-refractivity contribution in [3.8, 4) is 5.75 Å². The summed E-state index contributed by atoms with van der Waals surface area (Å²) in [6, 6.07) is 7.17. The number of hydrogen-bond donors (Lipinski definition) is 1. The Balaban J connectivity index is 2.08. The van der Waals surface area contributed by atoms with E-state index in [1.807, 2.05) is 6.07 Å². The molecular weight excluding hydrogens is 236 g/mol. The first-order valence-corrected chi connectivity index (χ1v) is 7.38. The summed E-state index contributed by atoms with van der Waals surface area (Å²) >= 11 is 0. The molecule has 1 aliphatic rings. The van der Waals surface area contributed by atoms with Crippen molar-refractivity contribution in [2.75, 3.05) is 13.7 Å². The first kappa shape index (κ1) is 14.4. The fourth-order valence-electron chi connectivity index (χ4n) is 3.09. The Morgan fingerprint density at radius 3 is 2.63 bits per heavy atom. The molecule has 1 aliphatic carbocycles. The van der Waals surface area contributed by atoms with Gasteiger partial charge in [-0.1, -0.05) is 25.8 Å².